The first-order valence-electron chi connectivity index (χ1n) is 5.29. The molecule has 21 heavy (non-hydrogen) atoms. The van der Waals surface area contributed by atoms with Crippen LogP contribution in [0.25, 0.3) is 0 Å². The predicted octanol–water partition coefficient (Wildman–Crippen LogP) is 6.29. The highest BCUT2D eigenvalue weighted by molar-refractivity contribution is 7.13. The molecule has 0 atom stereocenters. The summed E-state index contributed by atoms with van der Waals surface area (Å²) >= 11 is 30.8. The van der Waals surface area contributed by atoms with Crippen LogP contribution in [0, 0.1) is 0 Å². The van der Waals surface area contributed by atoms with Crippen molar-refractivity contribution in [2.45, 2.75) is 6.61 Å². The summed E-state index contributed by atoms with van der Waals surface area (Å²) in [5.74, 6) is -0.900. The quantitative estimate of drug-likeness (QED) is 0.479. The Bertz CT molecular complexity index is 684. The average molecular weight is 407 g/mol. The van der Waals surface area contributed by atoms with E-state index in [1.54, 1.807) is 6.07 Å². The third-order valence-corrected chi connectivity index (χ3v) is 5.69. The molecule has 0 saturated carbocycles. The zero-order valence-corrected chi connectivity index (χ0v) is 14.5. The number of thiophene rings is 1. The number of carbonyl (C=O) groups is 1. The molecule has 2 aromatic rings. The van der Waals surface area contributed by atoms with E-state index in [1.807, 2.05) is 0 Å². The molecule has 0 radical (unpaired) electrons. The lowest BCUT2D eigenvalue weighted by Crippen LogP contribution is -1.96. The summed E-state index contributed by atoms with van der Waals surface area (Å²) in [6.45, 7) is 0.0751. The van der Waals surface area contributed by atoms with Crippen molar-refractivity contribution in [3.8, 4) is 5.75 Å². The largest absolute Gasteiger partial charge is 0.485 e. The number of benzene rings is 1. The molecule has 0 bridgehead atoms. The smallest absolute Gasteiger partial charge is 0.345 e. The number of carboxylic acids is 1. The van der Waals surface area contributed by atoms with Gasteiger partial charge in [-0.05, 0) is 12.1 Å². The molecule has 2 rings (SSSR count). The van der Waals surface area contributed by atoms with Crippen LogP contribution in [0.3, 0.4) is 0 Å². The van der Waals surface area contributed by atoms with Gasteiger partial charge >= 0.3 is 5.97 Å². The van der Waals surface area contributed by atoms with Gasteiger partial charge in [0.1, 0.15) is 21.5 Å². The minimum atomic E-state index is -1.00. The number of ether oxygens (including phenoxy) is 1. The van der Waals surface area contributed by atoms with E-state index in [0.717, 1.165) is 11.3 Å². The van der Waals surface area contributed by atoms with Gasteiger partial charge in [0.25, 0.3) is 0 Å². The highest BCUT2D eigenvalue weighted by Crippen LogP contribution is 2.48. The van der Waals surface area contributed by atoms with Crippen LogP contribution in [0.5, 0.6) is 5.75 Å². The molecule has 0 aliphatic heterocycles. The van der Waals surface area contributed by atoms with Gasteiger partial charge < -0.3 is 9.84 Å². The molecule has 0 unspecified atom stereocenters. The molecule has 3 nitrogen and oxygen atoms in total. The van der Waals surface area contributed by atoms with Crippen LogP contribution >= 0.6 is 69.3 Å². The SMILES string of the molecule is O=C(O)c1ccc(COc2c(Cl)c(Cl)c(Cl)c(Cl)c2Cl)s1. The summed E-state index contributed by atoms with van der Waals surface area (Å²) in [6, 6.07) is 3.12. The zero-order chi connectivity index (χ0) is 15.7. The monoisotopic (exact) mass is 404 g/mol. The normalized spacial score (nSPS) is 10.7. The molecule has 0 amide bonds. The van der Waals surface area contributed by atoms with Crippen molar-refractivity contribution in [2.75, 3.05) is 0 Å². The van der Waals surface area contributed by atoms with Gasteiger partial charge in [0.05, 0.1) is 15.1 Å². The Morgan fingerprint density at radius 2 is 1.52 bits per heavy atom. The van der Waals surface area contributed by atoms with Gasteiger partial charge in [-0.25, -0.2) is 4.79 Å². The van der Waals surface area contributed by atoms with Gasteiger partial charge in [-0.3, -0.25) is 0 Å². The van der Waals surface area contributed by atoms with E-state index < -0.39 is 5.97 Å². The topological polar surface area (TPSA) is 46.5 Å². The fourth-order valence-corrected chi connectivity index (χ4v) is 3.42. The summed E-state index contributed by atoms with van der Waals surface area (Å²) < 4.78 is 5.49. The number of aromatic carboxylic acids is 1. The van der Waals surface area contributed by atoms with Crippen molar-refractivity contribution in [1.82, 2.24) is 0 Å². The lowest BCUT2D eigenvalue weighted by Gasteiger charge is -2.13. The second-order valence-electron chi connectivity index (χ2n) is 3.76. The lowest BCUT2D eigenvalue weighted by atomic mass is 10.3. The molecule has 0 saturated heterocycles. The van der Waals surface area contributed by atoms with Crippen molar-refractivity contribution >= 4 is 75.3 Å². The van der Waals surface area contributed by atoms with E-state index in [1.165, 1.54) is 6.07 Å². The Kier molecular flexibility index (Phi) is 5.52. The van der Waals surface area contributed by atoms with Crippen molar-refractivity contribution in [3.63, 3.8) is 0 Å². The van der Waals surface area contributed by atoms with Crippen molar-refractivity contribution < 1.29 is 14.6 Å². The van der Waals surface area contributed by atoms with Gasteiger partial charge in [-0.15, -0.1) is 11.3 Å². The second kappa shape index (κ2) is 6.82. The third kappa shape index (κ3) is 3.52. The van der Waals surface area contributed by atoms with Crippen LogP contribution in [-0.4, -0.2) is 11.1 Å². The van der Waals surface area contributed by atoms with E-state index in [9.17, 15) is 4.79 Å². The Labute approximate surface area is 148 Å². The Hall–Kier alpha value is -0.360. The summed E-state index contributed by atoms with van der Waals surface area (Å²) in [4.78, 5) is 11.7. The molecule has 0 spiro atoms. The highest BCUT2D eigenvalue weighted by atomic mass is 35.5. The standard InChI is InChI=1S/C12H5Cl5O3S/c13-6-7(14)9(16)11(10(17)8(6)15)20-3-4-1-2-5(21-4)12(18)19/h1-2H,3H2,(H,18,19). The minimum absolute atomic E-state index is 0.0418. The Balaban J connectivity index is 2.26. The number of hydrogen-bond donors (Lipinski definition) is 1. The maximum Gasteiger partial charge on any atom is 0.345 e. The van der Waals surface area contributed by atoms with E-state index in [4.69, 9.17) is 67.8 Å². The molecule has 1 aromatic carbocycles. The first-order valence-corrected chi connectivity index (χ1v) is 7.99. The third-order valence-electron chi connectivity index (χ3n) is 2.40. The van der Waals surface area contributed by atoms with Crippen molar-refractivity contribution in [2.24, 2.45) is 0 Å². The first-order chi connectivity index (χ1) is 9.82. The molecule has 9 heteroatoms. The van der Waals surface area contributed by atoms with Gasteiger partial charge in [-0.2, -0.15) is 0 Å². The van der Waals surface area contributed by atoms with Gasteiger partial charge in [-0.1, -0.05) is 58.0 Å². The Morgan fingerprint density at radius 3 is 2.00 bits per heavy atom. The molecule has 1 aromatic heterocycles. The van der Waals surface area contributed by atoms with E-state index in [2.05, 4.69) is 0 Å². The highest BCUT2D eigenvalue weighted by Gasteiger charge is 2.20. The average Bonchev–Trinajstić information content (AvgIpc) is 2.92. The van der Waals surface area contributed by atoms with E-state index in [0.29, 0.717) is 4.88 Å². The second-order valence-corrected chi connectivity index (χ2v) is 6.82. The first kappa shape index (κ1) is 17.0. The van der Waals surface area contributed by atoms with Crippen molar-refractivity contribution in [3.05, 3.63) is 47.0 Å². The van der Waals surface area contributed by atoms with Crippen LogP contribution in [0.15, 0.2) is 12.1 Å². The Morgan fingerprint density at radius 1 is 1.00 bits per heavy atom. The molecule has 0 aliphatic carbocycles. The molecule has 1 N–H and O–H groups in total. The zero-order valence-electron chi connectivity index (χ0n) is 9.92. The molecular weight excluding hydrogens is 401 g/mol. The predicted molar refractivity (Wildman–Crippen MR) is 87.1 cm³/mol. The lowest BCUT2D eigenvalue weighted by molar-refractivity contribution is 0.0702. The van der Waals surface area contributed by atoms with Crippen LogP contribution in [0.1, 0.15) is 14.5 Å². The summed E-state index contributed by atoms with van der Waals surface area (Å²) in [5.41, 5.74) is 0. The fourth-order valence-electron chi connectivity index (χ4n) is 1.43. The maximum absolute atomic E-state index is 10.8. The number of halogens is 5. The van der Waals surface area contributed by atoms with E-state index >= 15 is 0 Å². The summed E-state index contributed by atoms with van der Waals surface area (Å²) in [6.07, 6.45) is 0. The van der Waals surface area contributed by atoms with Crippen LogP contribution < -0.4 is 4.74 Å². The number of rotatable bonds is 4. The molecular formula is C12H5Cl5O3S. The molecule has 0 aliphatic rings. The van der Waals surface area contributed by atoms with E-state index in [-0.39, 0.29) is 42.3 Å². The fraction of sp³-hybridized carbons (Fsp3) is 0.0833. The summed E-state index contributed by atoms with van der Waals surface area (Å²) in [7, 11) is 0. The van der Waals surface area contributed by atoms with Crippen LogP contribution in [0.2, 0.25) is 25.1 Å². The van der Waals surface area contributed by atoms with Gasteiger partial charge in [0, 0.05) is 4.88 Å². The van der Waals surface area contributed by atoms with Crippen molar-refractivity contribution in [1.29, 1.82) is 0 Å². The number of hydrogen-bond acceptors (Lipinski definition) is 3. The minimum Gasteiger partial charge on any atom is -0.485 e. The van der Waals surface area contributed by atoms with Crippen LogP contribution in [-0.2, 0) is 6.61 Å². The molecule has 112 valence electrons. The molecule has 1 heterocycles. The maximum atomic E-state index is 10.8. The van der Waals surface area contributed by atoms with Gasteiger partial charge in [0.15, 0.2) is 5.75 Å². The number of carboxylic acid groups (broad SMARTS) is 1. The van der Waals surface area contributed by atoms with Gasteiger partial charge in [0.2, 0.25) is 0 Å². The summed E-state index contributed by atoms with van der Waals surface area (Å²) in [5, 5.41) is 9.08. The molecule has 0 fully saturated rings. The van der Waals surface area contributed by atoms with Crippen LogP contribution in [0.4, 0.5) is 0 Å².